The second kappa shape index (κ2) is 9.39. The SMILES string of the molecule is C[C@@H](NCCC1CN(c2ccc(F)cc2F)c2cc(F)ccc2O1)c1cccc2ccccc12. The Labute approximate surface area is 196 Å². The Bertz CT molecular complexity index is 1320. The number of rotatable bonds is 6. The van der Waals surface area contributed by atoms with Crippen LogP contribution in [0.15, 0.2) is 78.9 Å². The normalized spacial score (nSPS) is 16.2. The Morgan fingerprint density at radius 3 is 2.53 bits per heavy atom. The molecule has 2 atom stereocenters. The maximum Gasteiger partial charge on any atom is 0.149 e. The van der Waals surface area contributed by atoms with Crippen molar-refractivity contribution >= 4 is 22.1 Å². The molecule has 1 aliphatic heterocycles. The monoisotopic (exact) mass is 462 g/mol. The van der Waals surface area contributed by atoms with Crippen LogP contribution in [-0.4, -0.2) is 19.2 Å². The molecule has 0 aromatic heterocycles. The molecule has 4 aromatic rings. The van der Waals surface area contributed by atoms with Crippen LogP contribution in [0.1, 0.15) is 24.9 Å². The summed E-state index contributed by atoms with van der Waals surface area (Å²) in [4.78, 5) is 1.66. The van der Waals surface area contributed by atoms with Crippen LogP contribution in [0.4, 0.5) is 24.5 Å². The summed E-state index contributed by atoms with van der Waals surface area (Å²) in [5.74, 6) is -1.32. The van der Waals surface area contributed by atoms with Crippen molar-refractivity contribution in [2.45, 2.75) is 25.5 Å². The number of nitrogens with one attached hydrogen (secondary N) is 1. The van der Waals surface area contributed by atoms with Crippen molar-refractivity contribution in [1.82, 2.24) is 5.32 Å². The molecule has 0 fully saturated rings. The summed E-state index contributed by atoms with van der Waals surface area (Å²) >= 11 is 0. The zero-order valence-corrected chi connectivity index (χ0v) is 18.8. The fourth-order valence-corrected chi connectivity index (χ4v) is 4.60. The number of anilines is 2. The van der Waals surface area contributed by atoms with E-state index >= 15 is 0 Å². The Balaban J connectivity index is 1.32. The lowest BCUT2D eigenvalue weighted by Gasteiger charge is -2.36. The third-order valence-electron chi connectivity index (χ3n) is 6.30. The van der Waals surface area contributed by atoms with Crippen molar-refractivity contribution in [1.29, 1.82) is 0 Å². The van der Waals surface area contributed by atoms with Crippen LogP contribution in [0.5, 0.6) is 5.75 Å². The molecule has 0 aliphatic carbocycles. The minimum Gasteiger partial charge on any atom is -0.486 e. The molecule has 0 bridgehead atoms. The first-order valence-corrected chi connectivity index (χ1v) is 11.4. The number of hydrogen-bond acceptors (Lipinski definition) is 3. The van der Waals surface area contributed by atoms with Gasteiger partial charge in [0.1, 0.15) is 29.3 Å². The smallest absolute Gasteiger partial charge is 0.149 e. The molecule has 6 heteroatoms. The topological polar surface area (TPSA) is 24.5 Å². The van der Waals surface area contributed by atoms with Gasteiger partial charge in [-0.15, -0.1) is 0 Å². The Morgan fingerprint density at radius 1 is 0.912 bits per heavy atom. The number of nitrogens with zero attached hydrogens (tertiary/aromatic N) is 1. The average molecular weight is 463 g/mol. The predicted octanol–water partition coefficient (Wildman–Crippen LogP) is 6.90. The van der Waals surface area contributed by atoms with Gasteiger partial charge in [-0.1, -0.05) is 42.5 Å². The average Bonchev–Trinajstić information content (AvgIpc) is 2.83. The molecular weight excluding hydrogens is 437 g/mol. The third kappa shape index (κ3) is 4.46. The van der Waals surface area contributed by atoms with Gasteiger partial charge in [0.15, 0.2) is 0 Å². The standard InChI is InChI=1S/C28H25F3N2O/c1-18(23-8-4-6-19-5-2-3-7-24(19)23)32-14-13-22-17-33(26-11-9-20(29)15-25(26)31)27-16-21(30)10-12-28(27)34-22/h2-12,15-16,18,22,32H,13-14,17H2,1H3/t18-,22?/m1/s1. The predicted molar refractivity (Wildman–Crippen MR) is 129 cm³/mol. The molecule has 0 saturated carbocycles. The molecule has 1 aliphatic rings. The minimum absolute atomic E-state index is 0.127. The maximum absolute atomic E-state index is 14.6. The molecule has 4 aromatic carbocycles. The Morgan fingerprint density at radius 2 is 1.68 bits per heavy atom. The van der Waals surface area contributed by atoms with E-state index in [1.165, 1.54) is 40.6 Å². The fourth-order valence-electron chi connectivity index (χ4n) is 4.60. The summed E-state index contributed by atoms with van der Waals surface area (Å²) in [5, 5.41) is 5.98. The van der Waals surface area contributed by atoms with E-state index in [2.05, 4.69) is 42.6 Å². The van der Waals surface area contributed by atoms with Crippen LogP contribution in [0.2, 0.25) is 0 Å². The van der Waals surface area contributed by atoms with Gasteiger partial charge in [-0.25, -0.2) is 13.2 Å². The van der Waals surface area contributed by atoms with E-state index in [-0.39, 0.29) is 17.8 Å². The van der Waals surface area contributed by atoms with Crippen LogP contribution >= 0.6 is 0 Å². The second-order valence-electron chi connectivity index (χ2n) is 8.59. The highest BCUT2D eigenvalue weighted by Gasteiger charge is 2.29. The first-order valence-electron chi connectivity index (χ1n) is 11.4. The van der Waals surface area contributed by atoms with Gasteiger partial charge >= 0.3 is 0 Å². The maximum atomic E-state index is 14.6. The molecule has 0 saturated heterocycles. The zero-order chi connectivity index (χ0) is 23.7. The largest absolute Gasteiger partial charge is 0.486 e. The van der Waals surface area contributed by atoms with E-state index in [4.69, 9.17) is 4.74 Å². The van der Waals surface area contributed by atoms with Crippen molar-refractivity contribution in [2.75, 3.05) is 18.0 Å². The molecule has 5 rings (SSSR count). The third-order valence-corrected chi connectivity index (χ3v) is 6.30. The van der Waals surface area contributed by atoms with Crippen molar-refractivity contribution in [3.05, 3.63) is 102 Å². The fraction of sp³-hybridized carbons (Fsp3) is 0.214. The Hall–Kier alpha value is -3.51. The first-order chi connectivity index (χ1) is 16.5. The van der Waals surface area contributed by atoms with Gasteiger partial charge in [-0.2, -0.15) is 0 Å². The molecule has 174 valence electrons. The first kappa shape index (κ1) is 22.3. The number of hydrogen-bond donors (Lipinski definition) is 1. The highest BCUT2D eigenvalue weighted by atomic mass is 19.1. The molecular formula is C28H25F3N2O. The second-order valence-corrected chi connectivity index (χ2v) is 8.59. The van der Waals surface area contributed by atoms with Crippen LogP contribution in [0, 0.1) is 17.5 Å². The van der Waals surface area contributed by atoms with E-state index in [0.717, 1.165) is 6.07 Å². The van der Waals surface area contributed by atoms with Crippen molar-refractivity contribution < 1.29 is 17.9 Å². The Kier molecular flexibility index (Phi) is 6.16. The number of benzene rings is 4. The van der Waals surface area contributed by atoms with Crippen molar-refractivity contribution in [3.8, 4) is 5.75 Å². The number of fused-ring (bicyclic) bond motifs is 2. The van der Waals surface area contributed by atoms with Gasteiger partial charge in [0.05, 0.1) is 17.9 Å². The van der Waals surface area contributed by atoms with Crippen LogP contribution < -0.4 is 15.0 Å². The lowest BCUT2D eigenvalue weighted by atomic mass is 9.99. The summed E-state index contributed by atoms with van der Waals surface area (Å²) in [6.07, 6.45) is 0.403. The number of halogens is 3. The van der Waals surface area contributed by atoms with Gasteiger partial charge < -0.3 is 15.0 Å². The van der Waals surface area contributed by atoms with Crippen molar-refractivity contribution in [3.63, 3.8) is 0 Å². The van der Waals surface area contributed by atoms with Gasteiger partial charge in [0.2, 0.25) is 0 Å². The van der Waals surface area contributed by atoms with Crippen LogP contribution in [0.3, 0.4) is 0 Å². The molecule has 1 N–H and O–H groups in total. The summed E-state index contributed by atoms with van der Waals surface area (Å²) in [6, 6.07) is 22.3. The molecule has 3 nitrogen and oxygen atoms in total. The lowest BCUT2D eigenvalue weighted by molar-refractivity contribution is 0.185. The molecule has 0 amide bonds. The zero-order valence-electron chi connectivity index (χ0n) is 18.8. The molecule has 0 spiro atoms. The van der Waals surface area contributed by atoms with E-state index in [1.807, 2.05) is 12.1 Å². The quantitative estimate of drug-likeness (QED) is 0.337. The summed E-state index contributed by atoms with van der Waals surface area (Å²) in [6.45, 7) is 3.12. The van der Waals surface area contributed by atoms with Gasteiger partial charge in [-0.05, 0) is 60.5 Å². The van der Waals surface area contributed by atoms with Gasteiger partial charge in [-0.3, -0.25) is 0 Å². The van der Waals surface area contributed by atoms with E-state index in [0.29, 0.717) is 30.9 Å². The molecule has 0 radical (unpaired) electrons. The van der Waals surface area contributed by atoms with Gasteiger partial charge in [0.25, 0.3) is 0 Å². The van der Waals surface area contributed by atoms with Crippen LogP contribution in [0.25, 0.3) is 10.8 Å². The summed E-state index contributed by atoms with van der Waals surface area (Å²) in [5.41, 5.74) is 1.84. The number of ether oxygens (including phenoxy) is 1. The minimum atomic E-state index is -0.696. The summed E-state index contributed by atoms with van der Waals surface area (Å²) < 4.78 is 48.2. The van der Waals surface area contributed by atoms with Crippen LogP contribution in [-0.2, 0) is 0 Å². The molecule has 1 heterocycles. The van der Waals surface area contributed by atoms with E-state index in [9.17, 15) is 13.2 Å². The molecule has 1 unspecified atom stereocenters. The van der Waals surface area contributed by atoms with E-state index in [1.54, 1.807) is 11.0 Å². The highest BCUT2D eigenvalue weighted by molar-refractivity contribution is 5.86. The van der Waals surface area contributed by atoms with Crippen molar-refractivity contribution in [2.24, 2.45) is 0 Å². The summed E-state index contributed by atoms with van der Waals surface area (Å²) in [7, 11) is 0. The highest BCUT2D eigenvalue weighted by Crippen LogP contribution is 2.40. The lowest BCUT2D eigenvalue weighted by Crippen LogP contribution is -2.39. The van der Waals surface area contributed by atoms with E-state index < -0.39 is 17.5 Å². The molecule has 34 heavy (non-hydrogen) atoms. The van der Waals surface area contributed by atoms with Gasteiger partial charge in [0, 0.05) is 18.2 Å².